The summed E-state index contributed by atoms with van der Waals surface area (Å²) in [7, 11) is 0. The molecule has 0 atom stereocenters. The summed E-state index contributed by atoms with van der Waals surface area (Å²) in [4.78, 5) is 10.3. The molecule has 0 unspecified atom stereocenters. The van der Waals surface area contributed by atoms with E-state index in [4.69, 9.17) is 16.3 Å². The third kappa shape index (κ3) is 3.69. The van der Waals surface area contributed by atoms with Crippen molar-refractivity contribution in [3.05, 3.63) is 69.8 Å². The molecule has 0 heterocycles. The summed E-state index contributed by atoms with van der Waals surface area (Å²) < 4.78 is 5.56. The Bertz CT molecular complexity index is 572. The third-order valence-electron chi connectivity index (χ3n) is 2.56. The fraction of sp³-hybridized carbons (Fsp3) is 0.143. The van der Waals surface area contributed by atoms with Gasteiger partial charge in [0.1, 0.15) is 12.4 Å². The van der Waals surface area contributed by atoms with E-state index in [0.29, 0.717) is 17.9 Å². The van der Waals surface area contributed by atoms with Crippen LogP contribution < -0.4 is 4.74 Å². The van der Waals surface area contributed by atoms with E-state index in [1.807, 2.05) is 30.3 Å². The van der Waals surface area contributed by atoms with E-state index in [9.17, 15) is 10.1 Å². The molecule has 0 radical (unpaired) electrons. The minimum absolute atomic E-state index is 0.0128. The number of non-ortho nitro benzene ring substituents is 1. The Morgan fingerprint density at radius 2 is 1.84 bits per heavy atom. The number of nitro benzene ring substituents is 1. The maximum Gasteiger partial charge on any atom is 0.273 e. The van der Waals surface area contributed by atoms with E-state index in [1.165, 1.54) is 12.1 Å². The fourth-order valence-corrected chi connectivity index (χ4v) is 1.80. The molecule has 0 aromatic heterocycles. The second kappa shape index (κ2) is 6.20. The number of alkyl halides is 1. The molecule has 0 fully saturated rings. The molecule has 5 heteroatoms. The molecule has 4 nitrogen and oxygen atoms in total. The summed E-state index contributed by atoms with van der Waals surface area (Å²) in [6.45, 7) is 0.365. The van der Waals surface area contributed by atoms with Crippen LogP contribution >= 0.6 is 11.6 Å². The monoisotopic (exact) mass is 277 g/mol. The minimum Gasteiger partial charge on any atom is -0.489 e. The second-order valence-electron chi connectivity index (χ2n) is 4.00. The van der Waals surface area contributed by atoms with Crippen molar-refractivity contribution in [3.63, 3.8) is 0 Å². The van der Waals surface area contributed by atoms with Gasteiger partial charge in [0, 0.05) is 11.9 Å². The highest BCUT2D eigenvalue weighted by molar-refractivity contribution is 6.17. The smallest absolute Gasteiger partial charge is 0.273 e. The van der Waals surface area contributed by atoms with Gasteiger partial charge in [0.2, 0.25) is 0 Å². The third-order valence-corrected chi connectivity index (χ3v) is 2.87. The number of hydrogen-bond acceptors (Lipinski definition) is 3. The van der Waals surface area contributed by atoms with Gasteiger partial charge in [-0.2, -0.15) is 0 Å². The molecule has 19 heavy (non-hydrogen) atoms. The molecule has 0 spiro atoms. The van der Waals surface area contributed by atoms with Crippen LogP contribution in [0.4, 0.5) is 5.69 Å². The summed E-state index contributed by atoms with van der Waals surface area (Å²) in [6, 6.07) is 14.2. The molecule has 0 aliphatic carbocycles. The Labute approximate surface area is 115 Å². The van der Waals surface area contributed by atoms with Crippen molar-refractivity contribution < 1.29 is 9.66 Å². The maximum atomic E-state index is 10.8. The molecular weight excluding hydrogens is 266 g/mol. The van der Waals surface area contributed by atoms with Crippen LogP contribution in [0.1, 0.15) is 11.1 Å². The lowest BCUT2D eigenvalue weighted by molar-refractivity contribution is -0.385. The van der Waals surface area contributed by atoms with Crippen molar-refractivity contribution in [2.45, 2.75) is 12.5 Å². The number of benzene rings is 2. The van der Waals surface area contributed by atoms with E-state index in [0.717, 1.165) is 5.56 Å². The van der Waals surface area contributed by atoms with Gasteiger partial charge in [-0.1, -0.05) is 30.3 Å². The zero-order chi connectivity index (χ0) is 13.7. The molecule has 0 amide bonds. The molecular formula is C14H12ClNO3. The highest BCUT2D eigenvalue weighted by Crippen LogP contribution is 2.24. The average molecular weight is 278 g/mol. The van der Waals surface area contributed by atoms with Gasteiger partial charge < -0.3 is 4.74 Å². The number of ether oxygens (including phenoxy) is 1. The Kier molecular flexibility index (Phi) is 4.36. The SMILES string of the molecule is O=[N+]([O-])c1cc(CCl)cc(OCc2ccccc2)c1. The summed E-state index contributed by atoms with van der Waals surface area (Å²) in [5.41, 5.74) is 1.65. The van der Waals surface area contributed by atoms with Crippen LogP contribution in [0, 0.1) is 10.1 Å². The van der Waals surface area contributed by atoms with Crippen LogP contribution in [0.5, 0.6) is 5.75 Å². The lowest BCUT2D eigenvalue weighted by Gasteiger charge is -2.07. The molecule has 0 N–H and O–H groups in total. The lowest BCUT2D eigenvalue weighted by atomic mass is 10.2. The van der Waals surface area contributed by atoms with Gasteiger partial charge in [-0.25, -0.2) is 0 Å². The van der Waals surface area contributed by atoms with Crippen LogP contribution in [0.3, 0.4) is 0 Å². The number of halogens is 1. The fourth-order valence-electron chi connectivity index (χ4n) is 1.65. The van der Waals surface area contributed by atoms with Crippen LogP contribution in [0.15, 0.2) is 48.5 Å². The van der Waals surface area contributed by atoms with Crippen molar-refractivity contribution >= 4 is 17.3 Å². The molecule has 98 valence electrons. The van der Waals surface area contributed by atoms with Crippen molar-refractivity contribution in [2.75, 3.05) is 0 Å². The van der Waals surface area contributed by atoms with Crippen molar-refractivity contribution in [1.29, 1.82) is 0 Å². The molecule has 0 saturated carbocycles. The summed E-state index contributed by atoms with van der Waals surface area (Å²) in [5.74, 6) is 0.664. The first kappa shape index (κ1) is 13.4. The van der Waals surface area contributed by atoms with Gasteiger partial charge in [0.25, 0.3) is 5.69 Å². The quantitative estimate of drug-likeness (QED) is 0.473. The normalized spacial score (nSPS) is 10.2. The van der Waals surface area contributed by atoms with Gasteiger partial charge >= 0.3 is 0 Å². The number of rotatable bonds is 5. The van der Waals surface area contributed by atoms with E-state index in [1.54, 1.807) is 6.07 Å². The van der Waals surface area contributed by atoms with Gasteiger partial charge in [-0.3, -0.25) is 10.1 Å². The Morgan fingerprint density at radius 3 is 2.47 bits per heavy atom. The number of hydrogen-bond donors (Lipinski definition) is 0. The summed E-state index contributed by atoms with van der Waals surface area (Å²) >= 11 is 5.71. The number of nitrogens with zero attached hydrogens (tertiary/aromatic N) is 1. The lowest BCUT2D eigenvalue weighted by Crippen LogP contribution is -1.97. The van der Waals surface area contributed by atoms with Gasteiger partial charge in [0.15, 0.2) is 0 Å². The predicted octanol–water partition coefficient (Wildman–Crippen LogP) is 3.91. The van der Waals surface area contributed by atoms with Crippen LogP contribution in [0.25, 0.3) is 0 Å². The van der Waals surface area contributed by atoms with Gasteiger partial charge in [0.05, 0.1) is 11.0 Å². The summed E-state index contributed by atoms with van der Waals surface area (Å²) in [6.07, 6.45) is 0. The maximum absolute atomic E-state index is 10.8. The Morgan fingerprint density at radius 1 is 1.11 bits per heavy atom. The zero-order valence-electron chi connectivity index (χ0n) is 10.1. The first-order chi connectivity index (χ1) is 9.19. The van der Waals surface area contributed by atoms with E-state index in [2.05, 4.69) is 0 Å². The Balaban J connectivity index is 2.15. The topological polar surface area (TPSA) is 52.4 Å². The van der Waals surface area contributed by atoms with Gasteiger partial charge in [-0.15, -0.1) is 11.6 Å². The van der Waals surface area contributed by atoms with Crippen LogP contribution in [-0.2, 0) is 12.5 Å². The molecule has 2 aromatic carbocycles. The second-order valence-corrected chi connectivity index (χ2v) is 4.27. The minimum atomic E-state index is -0.453. The molecule has 0 bridgehead atoms. The predicted molar refractivity (Wildman–Crippen MR) is 73.4 cm³/mol. The molecule has 2 aromatic rings. The van der Waals surface area contributed by atoms with Crippen molar-refractivity contribution in [3.8, 4) is 5.75 Å². The first-order valence-corrected chi connectivity index (χ1v) is 6.23. The highest BCUT2D eigenvalue weighted by atomic mass is 35.5. The molecule has 0 aliphatic rings. The van der Waals surface area contributed by atoms with Gasteiger partial charge in [-0.05, 0) is 17.2 Å². The highest BCUT2D eigenvalue weighted by Gasteiger charge is 2.10. The number of nitro groups is 1. The molecule has 0 aliphatic heterocycles. The van der Waals surface area contributed by atoms with E-state index >= 15 is 0 Å². The Hall–Kier alpha value is -2.07. The largest absolute Gasteiger partial charge is 0.489 e. The van der Waals surface area contributed by atoms with Crippen molar-refractivity contribution in [2.24, 2.45) is 0 Å². The standard InChI is InChI=1S/C14H12ClNO3/c15-9-12-6-13(16(17)18)8-14(7-12)19-10-11-4-2-1-3-5-11/h1-8H,9-10H2. The van der Waals surface area contributed by atoms with E-state index < -0.39 is 4.92 Å². The van der Waals surface area contributed by atoms with E-state index in [-0.39, 0.29) is 11.6 Å². The van der Waals surface area contributed by atoms with Crippen LogP contribution in [-0.4, -0.2) is 4.92 Å². The van der Waals surface area contributed by atoms with Crippen LogP contribution in [0.2, 0.25) is 0 Å². The molecule has 2 rings (SSSR count). The zero-order valence-corrected chi connectivity index (χ0v) is 10.8. The molecule has 0 saturated heterocycles. The summed E-state index contributed by atoms with van der Waals surface area (Å²) in [5, 5.41) is 10.8. The van der Waals surface area contributed by atoms with Crippen molar-refractivity contribution in [1.82, 2.24) is 0 Å². The average Bonchev–Trinajstić information content (AvgIpc) is 2.45. The first-order valence-electron chi connectivity index (χ1n) is 5.70.